The predicted octanol–water partition coefficient (Wildman–Crippen LogP) is 2.58. The Labute approximate surface area is 111 Å². The molecule has 0 saturated carbocycles. The van der Waals surface area contributed by atoms with Gasteiger partial charge in [0.05, 0.1) is 0 Å². The average Bonchev–Trinajstić information content (AvgIpc) is 2.39. The summed E-state index contributed by atoms with van der Waals surface area (Å²) >= 11 is 0. The normalized spacial score (nSPS) is 20.2. The van der Waals surface area contributed by atoms with Crippen LogP contribution in [0, 0.1) is 11.6 Å². The van der Waals surface area contributed by atoms with Gasteiger partial charge in [0.25, 0.3) is 0 Å². The number of rotatable bonds is 4. The minimum atomic E-state index is -1.13. The zero-order valence-electron chi connectivity index (χ0n) is 10.9. The van der Waals surface area contributed by atoms with Crippen LogP contribution in [0.25, 0.3) is 0 Å². The molecule has 0 spiro atoms. The van der Waals surface area contributed by atoms with Crippen molar-refractivity contribution in [2.45, 2.75) is 31.5 Å². The Bertz CT molecular complexity index is 425. The third kappa shape index (κ3) is 2.94. The smallest absolute Gasteiger partial charge is 0.132 e. The molecule has 0 bridgehead atoms. The molecule has 1 N–H and O–H groups in total. The van der Waals surface area contributed by atoms with Crippen LogP contribution >= 0.6 is 0 Å². The van der Waals surface area contributed by atoms with Gasteiger partial charge in [0.15, 0.2) is 0 Å². The molecule has 3 nitrogen and oxygen atoms in total. The first-order valence-electron chi connectivity index (χ1n) is 6.44. The van der Waals surface area contributed by atoms with Crippen molar-refractivity contribution in [1.29, 1.82) is 0 Å². The Morgan fingerprint density at radius 3 is 2.63 bits per heavy atom. The summed E-state index contributed by atoms with van der Waals surface area (Å²) in [6.45, 7) is 3.16. The summed E-state index contributed by atoms with van der Waals surface area (Å²) in [4.78, 5) is 0. The molecule has 2 rings (SSSR count). The highest BCUT2D eigenvalue weighted by molar-refractivity contribution is 5.23. The van der Waals surface area contributed by atoms with Crippen molar-refractivity contribution in [3.05, 3.63) is 35.4 Å². The molecule has 1 aromatic carbocycles. The third-order valence-corrected chi connectivity index (χ3v) is 3.53. The van der Waals surface area contributed by atoms with Crippen LogP contribution in [0.3, 0.4) is 0 Å². The first-order valence-corrected chi connectivity index (χ1v) is 6.44. The SMILES string of the molecule is CCOC1(C(O)c2ccc(F)cc2F)CCOCC1. The minimum Gasteiger partial charge on any atom is -0.385 e. The van der Waals surface area contributed by atoms with E-state index in [-0.39, 0.29) is 5.56 Å². The van der Waals surface area contributed by atoms with E-state index in [0.29, 0.717) is 32.7 Å². The van der Waals surface area contributed by atoms with Crippen LogP contribution in [-0.2, 0) is 9.47 Å². The summed E-state index contributed by atoms with van der Waals surface area (Å²) in [7, 11) is 0. The van der Waals surface area contributed by atoms with Crippen molar-refractivity contribution in [2.75, 3.05) is 19.8 Å². The van der Waals surface area contributed by atoms with E-state index in [2.05, 4.69) is 0 Å². The molecule has 1 aliphatic heterocycles. The molecule has 1 aliphatic rings. The first kappa shape index (κ1) is 14.4. The van der Waals surface area contributed by atoms with Crippen molar-refractivity contribution in [3.8, 4) is 0 Å². The molecule has 1 atom stereocenters. The van der Waals surface area contributed by atoms with Gasteiger partial charge in [0, 0.05) is 44.3 Å². The van der Waals surface area contributed by atoms with Crippen LogP contribution < -0.4 is 0 Å². The molecule has 0 aromatic heterocycles. The third-order valence-electron chi connectivity index (χ3n) is 3.53. The van der Waals surface area contributed by atoms with Crippen LogP contribution in [0.2, 0.25) is 0 Å². The largest absolute Gasteiger partial charge is 0.385 e. The maximum absolute atomic E-state index is 13.8. The van der Waals surface area contributed by atoms with E-state index in [0.717, 1.165) is 12.1 Å². The lowest BCUT2D eigenvalue weighted by atomic mass is 9.84. The summed E-state index contributed by atoms with van der Waals surface area (Å²) in [6, 6.07) is 3.18. The van der Waals surface area contributed by atoms with E-state index in [9.17, 15) is 13.9 Å². The number of ether oxygens (including phenoxy) is 2. The summed E-state index contributed by atoms with van der Waals surface area (Å²) < 4.78 is 37.6. The van der Waals surface area contributed by atoms with Gasteiger partial charge in [-0.15, -0.1) is 0 Å². The minimum absolute atomic E-state index is 0.0664. The van der Waals surface area contributed by atoms with Crippen LogP contribution in [0.15, 0.2) is 18.2 Å². The quantitative estimate of drug-likeness (QED) is 0.915. The average molecular weight is 272 g/mol. The molecule has 106 valence electrons. The number of aliphatic hydroxyl groups excluding tert-OH is 1. The van der Waals surface area contributed by atoms with Crippen molar-refractivity contribution in [1.82, 2.24) is 0 Å². The lowest BCUT2D eigenvalue weighted by molar-refractivity contribution is -0.168. The highest BCUT2D eigenvalue weighted by Gasteiger charge is 2.42. The van der Waals surface area contributed by atoms with Crippen LogP contribution in [0.5, 0.6) is 0 Å². The topological polar surface area (TPSA) is 38.7 Å². The Kier molecular flexibility index (Phi) is 4.50. The fraction of sp³-hybridized carbons (Fsp3) is 0.571. The predicted molar refractivity (Wildman–Crippen MR) is 65.7 cm³/mol. The lowest BCUT2D eigenvalue weighted by Gasteiger charge is -2.40. The Morgan fingerprint density at radius 1 is 1.37 bits per heavy atom. The number of halogens is 2. The zero-order valence-corrected chi connectivity index (χ0v) is 10.9. The van der Waals surface area contributed by atoms with Gasteiger partial charge < -0.3 is 14.6 Å². The molecule has 1 fully saturated rings. The molecule has 1 saturated heterocycles. The second-order valence-electron chi connectivity index (χ2n) is 4.68. The van der Waals surface area contributed by atoms with Gasteiger partial charge in [-0.2, -0.15) is 0 Å². The molecule has 19 heavy (non-hydrogen) atoms. The lowest BCUT2D eigenvalue weighted by Crippen LogP contribution is -2.45. The van der Waals surface area contributed by atoms with Crippen LogP contribution in [-0.4, -0.2) is 30.5 Å². The van der Waals surface area contributed by atoms with Gasteiger partial charge >= 0.3 is 0 Å². The molecular weight excluding hydrogens is 254 g/mol. The van der Waals surface area contributed by atoms with Gasteiger partial charge in [0.1, 0.15) is 23.3 Å². The molecule has 0 aliphatic carbocycles. The Balaban J connectivity index is 2.30. The fourth-order valence-corrected chi connectivity index (χ4v) is 2.51. The first-order chi connectivity index (χ1) is 9.09. The van der Waals surface area contributed by atoms with Crippen LogP contribution in [0.4, 0.5) is 8.78 Å². The van der Waals surface area contributed by atoms with Crippen molar-refractivity contribution < 1.29 is 23.4 Å². The number of hydrogen-bond acceptors (Lipinski definition) is 3. The van der Waals surface area contributed by atoms with E-state index in [1.807, 2.05) is 6.92 Å². The standard InChI is InChI=1S/C14H18F2O3/c1-2-19-14(5-7-18-8-6-14)13(17)11-4-3-10(15)9-12(11)16/h3-4,9,13,17H,2,5-8H2,1H3. The molecule has 0 amide bonds. The second-order valence-corrected chi connectivity index (χ2v) is 4.68. The Hall–Kier alpha value is -1.04. The van der Waals surface area contributed by atoms with E-state index in [1.165, 1.54) is 6.07 Å². The summed E-state index contributed by atoms with van der Waals surface area (Å²) in [6.07, 6.45) is -0.158. The molecular formula is C14H18F2O3. The zero-order chi connectivity index (χ0) is 13.9. The van der Waals surface area contributed by atoms with Crippen molar-refractivity contribution in [3.63, 3.8) is 0 Å². The number of aliphatic hydroxyl groups is 1. The monoisotopic (exact) mass is 272 g/mol. The fourth-order valence-electron chi connectivity index (χ4n) is 2.51. The van der Waals surface area contributed by atoms with Gasteiger partial charge in [-0.25, -0.2) is 8.78 Å². The summed E-state index contributed by atoms with van der Waals surface area (Å²) in [5.41, 5.74) is -0.789. The van der Waals surface area contributed by atoms with Gasteiger partial charge in [-0.05, 0) is 13.0 Å². The number of benzene rings is 1. The van der Waals surface area contributed by atoms with Gasteiger partial charge in [-0.1, -0.05) is 6.07 Å². The van der Waals surface area contributed by atoms with E-state index in [4.69, 9.17) is 9.47 Å². The maximum Gasteiger partial charge on any atom is 0.132 e. The highest BCUT2D eigenvalue weighted by atomic mass is 19.1. The molecule has 1 heterocycles. The second kappa shape index (κ2) is 5.94. The van der Waals surface area contributed by atoms with Gasteiger partial charge in [0.2, 0.25) is 0 Å². The molecule has 5 heteroatoms. The van der Waals surface area contributed by atoms with Crippen LogP contribution in [0.1, 0.15) is 31.4 Å². The molecule has 1 aromatic rings. The summed E-state index contributed by atoms with van der Waals surface area (Å²) in [5.74, 6) is -1.41. The number of hydrogen-bond donors (Lipinski definition) is 1. The highest BCUT2D eigenvalue weighted by Crippen LogP contribution is 2.38. The van der Waals surface area contributed by atoms with E-state index in [1.54, 1.807) is 0 Å². The van der Waals surface area contributed by atoms with Crippen molar-refractivity contribution in [2.24, 2.45) is 0 Å². The Morgan fingerprint density at radius 2 is 2.05 bits per heavy atom. The van der Waals surface area contributed by atoms with Crippen molar-refractivity contribution >= 4 is 0 Å². The molecule has 0 radical (unpaired) electrons. The maximum atomic E-state index is 13.8. The summed E-state index contributed by atoms with van der Waals surface area (Å²) in [5, 5.41) is 10.5. The van der Waals surface area contributed by atoms with E-state index < -0.39 is 23.3 Å². The van der Waals surface area contributed by atoms with E-state index >= 15 is 0 Å². The van der Waals surface area contributed by atoms with Gasteiger partial charge in [-0.3, -0.25) is 0 Å². The molecule has 1 unspecified atom stereocenters.